The van der Waals surface area contributed by atoms with Gasteiger partial charge in [-0.1, -0.05) is 42.5 Å². The summed E-state index contributed by atoms with van der Waals surface area (Å²) in [7, 11) is -1.85. The summed E-state index contributed by atoms with van der Waals surface area (Å²) in [5, 5.41) is 1.11. The summed E-state index contributed by atoms with van der Waals surface area (Å²) >= 11 is 1.67. The molecule has 0 aliphatic heterocycles. The number of nitrogens with zero attached hydrogens (tertiary/aromatic N) is 1. The maximum Gasteiger partial charge on any atom is 0.233 e. The molecule has 1 amide bonds. The molecule has 0 heterocycles. The summed E-state index contributed by atoms with van der Waals surface area (Å²) in [5.74, 6) is -0.112. The van der Waals surface area contributed by atoms with E-state index < -0.39 is 10.0 Å². The van der Waals surface area contributed by atoms with Gasteiger partial charge >= 0.3 is 0 Å². The van der Waals surface area contributed by atoms with Gasteiger partial charge in [0, 0.05) is 36.9 Å². The minimum Gasteiger partial charge on any atom is -0.341 e. The zero-order chi connectivity index (χ0) is 19.7. The Morgan fingerprint density at radius 2 is 1.78 bits per heavy atom. The van der Waals surface area contributed by atoms with E-state index in [0.717, 1.165) is 16.5 Å². The van der Waals surface area contributed by atoms with Crippen LogP contribution in [-0.2, 0) is 21.4 Å². The van der Waals surface area contributed by atoms with Gasteiger partial charge in [0.05, 0.1) is 0 Å². The smallest absolute Gasteiger partial charge is 0.233 e. The Bertz CT molecular complexity index is 864. The SMILES string of the molecule is CSc1ccc(CN(C)C(=O)CCNS(=O)(=O)/C=C/c2ccccc2)cc1. The van der Waals surface area contributed by atoms with Crippen LogP contribution in [-0.4, -0.2) is 39.1 Å². The Labute approximate surface area is 165 Å². The summed E-state index contributed by atoms with van der Waals surface area (Å²) in [6.07, 6.45) is 3.65. The maximum atomic E-state index is 12.2. The van der Waals surface area contributed by atoms with Crippen molar-refractivity contribution < 1.29 is 13.2 Å². The number of carbonyl (C=O) groups is 1. The Balaban J connectivity index is 1.79. The summed E-state index contributed by atoms with van der Waals surface area (Å²) in [6, 6.07) is 17.2. The van der Waals surface area contributed by atoms with E-state index >= 15 is 0 Å². The average Bonchev–Trinajstić information content (AvgIpc) is 2.67. The van der Waals surface area contributed by atoms with Crippen molar-refractivity contribution in [2.24, 2.45) is 0 Å². The molecule has 2 aromatic carbocycles. The highest BCUT2D eigenvalue weighted by molar-refractivity contribution is 7.98. The van der Waals surface area contributed by atoms with Crippen LogP contribution in [0, 0.1) is 0 Å². The average molecular weight is 405 g/mol. The number of thioether (sulfide) groups is 1. The summed E-state index contributed by atoms with van der Waals surface area (Å²) < 4.78 is 26.4. The van der Waals surface area contributed by atoms with E-state index in [9.17, 15) is 13.2 Å². The number of nitrogens with one attached hydrogen (secondary N) is 1. The predicted octanol–water partition coefficient (Wildman–Crippen LogP) is 3.35. The van der Waals surface area contributed by atoms with Crippen molar-refractivity contribution in [3.63, 3.8) is 0 Å². The number of hydrogen-bond acceptors (Lipinski definition) is 4. The highest BCUT2D eigenvalue weighted by Gasteiger charge is 2.11. The number of carbonyl (C=O) groups excluding carboxylic acids is 1. The lowest BCUT2D eigenvalue weighted by Crippen LogP contribution is -2.31. The molecule has 1 N–H and O–H groups in total. The highest BCUT2D eigenvalue weighted by atomic mass is 32.2. The van der Waals surface area contributed by atoms with E-state index in [1.54, 1.807) is 23.7 Å². The first-order chi connectivity index (χ1) is 12.9. The molecular formula is C20H24N2O3S2. The van der Waals surface area contributed by atoms with Gasteiger partial charge in [-0.05, 0) is 35.6 Å². The third-order valence-electron chi connectivity index (χ3n) is 3.89. The van der Waals surface area contributed by atoms with Crippen LogP contribution >= 0.6 is 11.8 Å². The highest BCUT2D eigenvalue weighted by Crippen LogP contribution is 2.15. The van der Waals surface area contributed by atoms with Crippen LogP contribution in [0.3, 0.4) is 0 Å². The summed E-state index contributed by atoms with van der Waals surface area (Å²) in [6.45, 7) is 0.560. The molecular weight excluding hydrogens is 380 g/mol. The zero-order valence-electron chi connectivity index (χ0n) is 15.5. The maximum absolute atomic E-state index is 12.2. The van der Waals surface area contributed by atoms with Crippen LogP contribution < -0.4 is 4.72 Å². The van der Waals surface area contributed by atoms with Crippen molar-refractivity contribution in [2.75, 3.05) is 19.8 Å². The third-order valence-corrected chi connectivity index (χ3v) is 5.73. The predicted molar refractivity (Wildman–Crippen MR) is 112 cm³/mol. The van der Waals surface area contributed by atoms with Crippen molar-refractivity contribution in [1.82, 2.24) is 9.62 Å². The van der Waals surface area contributed by atoms with Gasteiger partial charge in [0.2, 0.25) is 15.9 Å². The standard InChI is InChI=1S/C20H24N2O3S2/c1-22(16-18-8-10-19(26-2)11-9-18)20(23)12-14-21-27(24,25)15-13-17-6-4-3-5-7-17/h3-11,13,15,21H,12,14,16H2,1-2H3/b15-13+. The molecule has 0 aromatic heterocycles. The first-order valence-corrected chi connectivity index (χ1v) is 11.3. The number of sulfonamides is 1. The molecule has 144 valence electrons. The molecule has 0 radical (unpaired) electrons. The topological polar surface area (TPSA) is 66.5 Å². The first-order valence-electron chi connectivity index (χ1n) is 8.49. The van der Waals surface area contributed by atoms with E-state index in [2.05, 4.69) is 4.72 Å². The molecule has 0 saturated carbocycles. The minimum absolute atomic E-state index is 0.0655. The van der Waals surface area contributed by atoms with Crippen LogP contribution in [0.15, 0.2) is 64.9 Å². The molecule has 27 heavy (non-hydrogen) atoms. The van der Waals surface area contributed by atoms with Crippen LogP contribution in [0.4, 0.5) is 0 Å². The van der Waals surface area contributed by atoms with Crippen LogP contribution in [0.2, 0.25) is 0 Å². The largest absolute Gasteiger partial charge is 0.341 e. The van der Waals surface area contributed by atoms with Crippen LogP contribution in [0.5, 0.6) is 0 Å². The second-order valence-corrected chi connectivity index (χ2v) is 8.53. The van der Waals surface area contributed by atoms with Crippen molar-refractivity contribution in [2.45, 2.75) is 17.9 Å². The summed E-state index contributed by atoms with van der Waals surface area (Å²) in [5.41, 5.74) is 1.83. The van der Waals surface area contributed by atoms with Crippen molar-refractivity contribution in [3.8, 4) is 0 Å². The first kappa shape index (κ1) is 21.2. The van der Waals surface area contributed by atoms with Crippen LogP contribution in [0.1, 0.15) is 17.5 Å². The van der Waals surface area contributed by atoms with E-state index in [4.69, 9.17) is 0 Å². The molecule has 0 saturated heterocycles. The molecule has 0 fully saturated rings. The Morgan fingerprint density at radius 3 is 2.41 bits per heavy atom. The van der Waals surface area contributed by atoms with Gasteiger partial charge in [-0.3, -0.25) is 4.79 Å². The van der Waals surface area contributed by atoms with Gasteiger partial charge in [0.15, 0.2) is 0 Å². The Morgan fingerprint density at radius 1 is 1.11 bits per heavy atom. The normalized spacial score (nSPS) is 11.6. The zero-order valence-corrected chi connectivity index (χ0v) is 17.1. The van der Waals surface area contributed by atoms with Gasteiger partial charge in [-0.25, -0.2) is 13.1 Å². The van der Waals surface area contributed by atoms with Crippen LogP contribution in [0.25, 0.3) is 6.08 Å². The Kier molecular flexibility index (Phi) is 8.09. The molecule has 0 atom stereocenters. The lowest BCUT2D eigenvalue weighted by molar-refractivity contribution is -0.130. The number of rotatable bonds is 9. The molecule has 5 nitrogen and oxygen atoms in total. The molecule has 0 spiro atoms. The van der Waals surface area contributed by atoms with Crippen molar-refractivity contribution in [1.29, 1.82) is 0 Å². The van der Waals surface area contributed by atoms with E-state index in [1.165, 1.54) is 11.0 Å². The molecule has 2 rings (SSSR count). The third kappa shape index (κ3) is 7.58. The number of hydrogen-bond donors (Lipinski definition) is 1. The van der Waals surface area contributed by atoms with E-state index in [1.807, 2.05) is 60.9 Å². The molecule has 0 aliphatic carbocycles. The number of amides is 1. The van der Waals surface area contributed by atoms with Gasteiger partial charge in [-0.2, -0.15) is 0 Å². The number of benzene rings is 2. The van der Waals surface area contributed by atoms with Gasteiger partial charge < -0.3 is 4.90 Å². The van der Waals surface area contributed by atoms with Gasteiger partial charge in [-0.15, -0.1) is 11.8 Å². The van der Waals surface area contributed by atoms with E-state index in [0.29, 0.717) is 6.54 Å². The Hall–Kier alpha value is -2.09. The molecule has 0 unspecified atom stereocenters. The molecule has 0 aliphatic rings. The van der Waals surface area contributed by atoms with Crippen molar-refractivity contribution in [3.05, 3.63) is 71.1 Å². The molecule has 7 heteroatoms. The van der Waals surface area contributed by atoms with Crippen molar-refractivity contribution >= 4 is 33.8 Å². The monoisotopic (exact) mass is 404 g/mol. The molecule has 2 aromatic rings. The minimum atomic E-state index is -3.57. The lowest BCUT2D eigenvalue weighted by Gasteiger charge is -2.17. The quantitative estimate of drug-likeness (QED) is 0.651. The second-order valence-electron chi connectivity index (χ2n) is 6.00. The summed E-state index contributed by atoms with van der Waals surface area (Å²) in [4.78, 5) is 15.0. The van der Waals surface area contributed by atoms with E-state index in [-0.39, 0.29) is 18.9 Å². The fourth-order valence-electron chi connectivity index (χ4n) is 2.36. The van der Waals surface area contributed by atoms with Gasteiger partial charge in [0.25, 0.3) is 0 Å². The fourth-order valence-corrected chi connectivity index (χ4v) is 3.59. The second kappa shape index (κ2) is 10.3. The lowest BCUT2D eigenvalue weighted by atomic mass is 10.2. The fraction of sp³-hybridized carbons (Fsp3) is 0.250. The van der Waals surface area contributed by atoms with Gasteiger partial charge in [0.1, 0.15) is 0 Å². The molecule has 0 bridgehead atoms.